The van der Waals surface area contributed by atoms with Crippen LogP contribution in [0.2, 0.25) is 0 Å². The van der Waals surface area contributed by atoms with Crippen molar-refractivity contribution in [2.45, 2.75) is 40.5 Å². The topological polar surface area (TPSA) is 98.0 Å². The molecule has 2 heterocycles. The van der Waals surface area contributed by atoms with E-state index in [2.05, 4.69) is 43.4 Å². The number of hydrogen-bond donors (Lipinski definition) is 2. The quantitative estimate of drug-likeness (QED) is 0.163. The third kappa shape index (κ3) is 6.73. The van der Waals surface area contributed by atoms with Gasteiger partial charge in [-0.3, -0.25) is 9.78 Å². The minimum Gasteiger partial charge on any atom is -0.496 e. The molecule has 3 rings (SSSR count). The molecule has 0 amide bonds. The molecule has 1 atom stereocenters. The third-order valence-electron chi connectivity index (χ3n) is 5.92. The number of carbonyl (C=O) groups excluding carboxylic acids is 1. The second-order valence-electron chi connectivity index (χ2n) is 8.82. The summed E-state index contributed by atoms with van der Waals surface area (Å²) in [6.45, 7) is 11.8. The number of halogens is 1. The van der Waals surface area contributed by atoms with Crippen molar-refractivity contribution in [3.05, 3.63) is 69.6 Å². The molecule has 0 radical (unpaired) electrons. The van der Waals surface area contributed by atoms with E-state index >= 15 is 4.39 Å². The number of anilines is 2. The van der Waals surface area contributed by atoms with E-state index in [4.69, 9.17) is 13.9 Å². The molecule has 0 aliphatic rings. The van der Waals surface area contributed by atoms with Crippen LogP contribution < -0.4 is 36.0 Å². The molecule has 206 valence electrons. The van der Waals surface area contributed by atoms with Crippen LogP contribution in [-0.2, 0) is 0 Å². The minimum absolute atomic E-state index is 0.112. The normalized spacial score (nSPS) is 12.5. The van der Waals surface area contributed by atoms with Gasteiger partial charge < -0.3 is 24.5 Å². The number of aliphatic imine (C=N–C) groups is 1. The summed E-state index contributed by atoms with van der Waals surface area (Å²) in [5.74, 6) is -0.898. The van der Waals surface area contributed by atoms with Crippen LogP contribution in [-0.4, -0.2) is 30.8 Å². The van der Waals surface area contributed by atoms with Crippen molar-refractivity contribution in [3.8, 4) is 11.5 Å². The van der Waals surface area contributed by atoms with E-state index in [0.717, 1.165) is 29.8 Å². The Hall–Kier alpha value is -3.97. The number of hydrogen-bond acceptors (Lipinski definition) is 7. The number of nitrogens with one attached hydrogen (secondary N) is 2. The lowest BCUT2D eigenvalue weighted by molar-refractivity contribution is 0.100. The first-order chi connectivity index (χ1) is 18.6. The van der Waals surface area contributed by atoms with E-state index in [0.29, 0.717) is 16.7 Å². The number of benzene rings is 1. The first kappa shape index (κ1) is 29.6. The van der Waals surface area contributed by atoms with Crippen molar-refractivity contribution in [3.63, 3.8) is 0 Å². The maximum Gasteiger partial charge on any atom is 0.234 e. The highest BCUT2D eigenvalue weighted by atomic mass is 31.0. The number of aromatic nitrogens is 1. The molecule has 0 bridgehead atoms. The van der Waals surface area contributed by atoms with Crippen molar-refractivity contribution in [1.82, 2.24) is 4.98 Å². The van der Waals surface area contributed by atoms with Crippen molar-refractivity contribution in [2.24, 2.45) is 4.99 Å². The van der Waals surface area contributed by atoms with Crippen LogP contribution in [0.1, 0.15) is 55.3 Å². The molecule has 2 aromatic heterocycles. The number of unbranched alkanes of at least 4 members (excludes halogenated alkanes) is 1. The number of ether oxygens (including phenoxy) is 2. The Kier molecular flexibility index (Phi) is 10.0. The van der Waals surface area contributed by atoms with E-state index in [1.165, 1.54) is 26.5 Å². The van der Waals surface area contributed by atoms with Crippen LogP contribution in [0.15, 0.2) is 45.7 Å². The van der Waals surface area contributed by atoms with Gasteiger partial charge in [-0.1, -0.05) is 26.0 Å². The number of methoxy groups -OCH3 is 2. The number of amidine groups is 1. The number of pyridine rings is 1. The Labute approximate surface area is 229 Å². The summed E-state index contributed by atoms with van der Waals surface area (Å²) in [7, 11) is 5.11. The highest BCUT2D eigenvalue weighted by Gasteiger charge is 2.28. The van der Waals surface area contributed by atoms with E-state index < -0.39 is 11.6 Å². The highest BCUT2D eigenvalue weighted by Crippen LogP contribution is 2.30. The molecule has 3 aromatic rings. The second kappa shape index (κ2) is 13.2. The number of furan rings is 1. The smallest absolute Gasteiger partial charge is 0.234 e. The molecule has 8 nitrogen and oxygen atoms in total. The van der Waals surface area contributed by atoms with Gasteiger partial charge in [-0.15, -0.1) is 9.24 Å². The number of nitrogens with zero attached hydrogens (tertiary/aromatic N) is 2. The van der Waals surface area contributed by atoms with Gasteiger partial charge in [-0.05, 0) is 38.8 Å². The van der Waals surface area contributed by atoms with E-state index in [-0.39, 0.29) is 33.5 Å². The molecule has 0 fully saturated rings. The molecule has 0 saturated heterocycles. The first-order valence-electron chi connectivity index (χ1n) is 12.3. The Morgan fingerprint density at radius 1 is 1.26 bits per heavy atom. The molecule has 0 aliphatic heterocycles. The standard InChI is InChI=1S/C29H34FN4O4P/c1-8-9-10-17(3)33-26-18(4)23(15-32-19(5)34-20-11-12-31-14-16(20)2)38-28(26)27(35)24-25(30)21(36-6)13-22(37-7)29(24)39/h10-15,33H,4,8-9,39H2,1-3,5-7H3,(H,31,32,34)/b17-10-,23-15+. The van der Waals surface area contributed by atoms with Crippen molar-refractivity contribution in [2.75, 3.05) is 24.9 Å². The Morgan fingerprint density at radius 3 is 2.62 bits per heavy atom. The summed E-state index contributed by atoms with van der Waals surface area (Å²) in [5, 5.41) is 7.07. The molecular weight excluding hydrogens is 518 g/mol. The number of carbonyl (C=O) groups is 1. The van der Waals surface area contributed by atoms with Gasteiger partial charge in [0.15, 0.2) is 22.7 Å². The molecular formula is C29H34FN4O4P. The number of ketones is 1. The molecule has 2 N–H and O–H groups in total. The highest BCUT2D eigenvalue weighted by molar-refractivity contribution is 7.28. The zero-order valence-electron chi connectivity index (χ0n) is 23.1. The Balaban J connectivity index is 2.16. The van der Waals surface area contributed by atoms with Crippen LogP contribution in [0.4, 0.5) is 15.8 Å². The van der Waals surface area contributed by atoms with E-state index in [9.17, 15) is 4.79 Å². The summed E-state index contributed by atoms with van der Waals surface area (Å²) in [6.07, 6.45) is 8.70. The SMILES string of the molecule is C=c1c(N/C(C)=C\CCC)c(C(=O)c2c(F)c(OC)cc(OC)c2P)o/c1=C/N=C(C)Nc1ccncc1C. The second-order valence-corrected chi connectivity index (χ2v) is 9.40. The molecule has 0 spiro atoms. The van der Waals surface area contributed by atoms with Gasteiger partial charge in [0, 0.05) is 40.4 Å². The summed E-state index contributed by atoms with van der Waals surface area (Å²) in [4.78, 5) is 22.3. The maximum atomic E-state index is 15.4. The van der Waals surface area contributed by atoms with Gasteiger partial charge in [0.2, 0.25) is 5.78 Å². The van der Waals surface area contributed by atoms with Gasteiger partial charge in [-0.2, -0.15) is 0 Å². The van der Waals surface area contributed by atoms with E-state index in [1.807, 2.05) is 26.0 Å². The zero-order chi connectivity index (χ0) is 28.7. The lowest BCUT2D eigenvalue weighted by atomic mass is 10.1. The average molecular weight is 553 g/mol. The molecule has 1 unspecified atom stereocenters. The maximum absolute atomic E-state index is 15.4. The Bertz CT molecular complexity index is 1520. The summed E-state index contributed by atoms with van der Waals surface area (Å²) >= 11 is 0. The third-order valence-corrected chi connectivity index (χ3v) is 6.49. The molecule has 10 heteroatoms. The van der Waals surface area contributed by atoms with Crippen LogP contribution in [0.3, 0.4) is 0 Å². The predicted molar refractivity (Wildman–Crippen MR) is 158 cm³/mol. The number of rotatable bonds is 10. The summed E-state index contributed by atoms with van der Waals surface area (Å²) in [6, 6.07) is 3.23. The van der Waals surface area contributed by atoms with Crippen LogP contribution >= 0.6 is 9.24 Å². The fourth-order valence-corrected chi connectivity index (χ4v) is 4.22. The van der Waals surface area contributed by atoms with Crippen molar-refractivity contribution in [1.29, 1.82) is 0 Å². The largest absolute Gasteiger partial charge is 0.496 e. The number of aryl methyl sites for hydroxylation is 1. The van der Waals surface area contributed by atoms with E-state index in [1.54, 1.807) is 19.3 Å². The van der Waals surface area contributed by atoms with Gasteiger partial charge in [0.1, 0.15) is 11.6 Å². The van der Waals surface area contributed by atoms with Crippen molar-refractivity contribution >= 4 is 50.3 Å². The summed E-state index contributed by atoms with van der Waals surface area (Å²) < 4.78 is 31.9. The first-order valence-corrected chi connectivity index (χ1v) is 12.9. The lowest BCUT2D eigenvalue weighted by Gasteiger charge is -2.14. The monoisotopic (exact) mass is 552 g/mol. The fraction of sp³-hybridized carbons (Fsp3) is 0.276. The fourth-order valence-electron chi connectivity index (χ4n) is 3.76. The number of allylic oxidation sites excluding steroid dienone is 2. The van der Waals surface area contributed by atoms with Gasteiger partial charge in [-0.25, -0.2) is 9.38 Å². The lowest BCUT2D eigenvalue weighted by Crippen LogP contribution is -2.21. The van der Waals surface area contributed by atoms with Crippen LogP contribution in [0.5, 0.6) is 11.5 Å². The van der Waals surface area contributed by atoms with Crippen LogP contribution in [0, 0.1) is 12.7 Å². The van der Waals surface area contributed by atoms with Gasteiger partial charge in [0.25, 0.3) is 0 Å². The molecule has 0 saturated carbocycles. The molecule has 39 heavy (non-hydrogen) atoms. The minimum atomic E-state index is -0.823. The average Bonchev–Trinajstić information content (AvgIpc) is 3.22. The van der Waals surface area contributed by atoms with Crippen molar-refractivity contribution < 1.29 is 23.1 Å². The zero-order valence-corrected chi connectivity index (χ0v) is 24.2. The van der Waals surface area contributed by atoms with Crippen LogP contribution in [0.25, 0.3) is 12.8 Å². The predicted octanol–water partition coefficient (Wildman–Crippen LogP) is 4.67. The molecule has 1 aromatic carbocycles. The summed E-state index contributed by atoms with van der Waals surface area (Å²) in [5.41, 5.74) is 2.95. The Morgan fingerprint density at radius 2 is 1.97 bits per heavy atom. The van der Waals surface area contributed by atoms with Gasteiger partial charge >= 0.3 is 0 Å². The van der Waals surface area contributed by atoms with Gasteiger partial charge in [0.05, 0.1) is 31.7 Å². The molecule has 0 aliphatic carbocycles.